The van der Waals surface area contributed by atoms with Crippen molar-refractivity contribution in [2.75, 3.05) is 26.8 Å². The Balaban J connectivity index is 1.60. The zero-order valence-corrected chi connectivity index (χ0v) is 23.0. The highest BCUT2D eigenvalue weighted by Crippen LogP contribution is 2.34. The minimum Gasteiger partial charge on any atom is -0.488 e. The number of rotatable bonds is 12. The number of hydrogen-bond donors (Lipinski definition) is 1. The van der Waals surface area contributed by atoms with Gasteiger partial charge in [-0.1, -0.05) is 30.8 Å². The summed E-state index contributed by atoms with van der Waals surface area (Å²) in [5.74, 6) is 1.17. The fourth-order valence-corrected chi connectivity index (χ4v) is 4.59. The van der Waals surface area contributed by atoms with Crippen LogP contribution in [-0.4, -0.2) is 53.7 Å². The average molecular weight is 552 g/mol. The molecule has 0 aliphatic carbocycles. The first kappa shape index (κ1) is 27.4. The molecule has 0 bridgehead atoms. The van der Waals surface area contributed by atoms with E-state index < -0.39 is 0 Å². The lowest BCUT2D eigenvalue weighted by Crippen LogP contribution is -2.42. The predicted octanol–water partition coefficient (Wildman–Crippen LogP) is 6.58. The molecule has 1 fully saturated rings. The van der Waals surface area contributed by atoms with Crippen molar-refractivity contribution in [1.82, 2.24) is 14.9 Å². The normalized spacial score (nSPS) is 14.6. The first-order chi connectivity index (χ1) is 18.4. The Morgan fingerprint density at radius 1 is 1.26 bits per heavy atom. The number of nitrogens with zero attached hydrogens (tertiary/aromatic N) is 2. The number of methoxy groups -OCH3 is 1. The molecule has 1 amide bonds. The Kier molecular flexibility index (Phi) is 9.23. The van der Waals surface area contributed by atoms with Crippen molar-refractivity contribution >= 4 is 28.8 Å². The largest absolute Gasteiger partial charge is 0.488 e. The van der Waals surface area contributed by atoms with Crippen LogP contribution < -0.4 is 9.47 Å². The Labute approximate surface area is 231 Å². The van der Waals surface area contributed by atoms with Gasteiger partial charge >= 0.3 is 0 Å². The van der Waals surface area contributed by atoms with Crippen LogP contribution in [0.2, 0.25) is 0 Å². The molecule has 9 heteroatoms. The molecule has 38 heavy (non-hydrogen) atoms. The Hall–Kier alpha value is -3.59. The number of aromatic amines is 1. The van der Waals surface area contributed by atoms with Crippen LogP contribution in [0.3, 0.4) is 0 Å². The number of carbonyl (C=O) groups excluding carboxylic acids is 1. The molecule has 3 aromatic rings. The molecule has 0 unspecified atom stereocenters. The van der Waals surface area contributed by atoms with E-state index in [-0.39, 0.29) is 22.8 Å². The van der Waals surface area contributed by atoms with E-state index in [2.05, 4.69) is 23.1 Å². The fraction of sp³-hybridized carbons (Fsp3) is 0.241. The van der Waals surface area contributed by atoms with Gasteiger partial charge in [0.05, 0.1) is 17.3 Å². The molecule has 1 aliphatic rings. The van der Waals surface area contributed by atoms with Crippen LogP contribution in [0.25, 0.3) is 22.0 Å². The van der Waals surface area contributed by atoms with Gasteiger partial charge in [-0.2, -0.15) is 0 Å². The number of halogens is 1. The molecule has 1 saturated heterocycles. The highest BCUT2D eigenvalue weighted by atomic mass is 35.5. The average Bonchev–Trinajstić information content (AvgIpc) is 3.55. The molecular weight excluding hydrogens is 522 g/mol. The SMILES string of the molecule is C=C/C=C(\C=C(\Cl)C(=C)Oc1cc(O[C@@H](C)COC)cc(-c2ccc(-c3nccs3)[nH]2)c1)C(=O)N1CCC1. The molecule has 1 atom stereocenters. The molecule has 0 spiro atoms. The first-order valence-electron chi connectivity index (χ1n) is 12.1. The van der Waals surface area contributed by atoms with Crippen LogP contribution in [0.4, 0.5) is 0 Å². The number of thiazole rings is 1. The summed E-state index contributed by atoms with van der Waals surface area (Å²) in [6.07, 6.45) is 7.33. The Morgan fingerprint density at radius 3 is 2.68 bits per heavy atom. The second-order valence-electron chi connectivity index (χ2n) is 8.72. The lowest BCUT2D eigenvalue weighted by atomic mass is 10.1. The minimum absolute atomic E-state index is 0.102. The summed E-state index contributed by atoms with van der Waals surface area (Å²) in [7, 11) is 1.63. The third-order valence-corrected chi connectivity index (χ3v) is 6.88. The highest BCUT2D eigenvalue weighted by molar-refractivity contribution is 7.13. The quantitative estimate of drug-likeness (QED) is 0.156. The van der Waals surface area contributed by atoms with Gasteiger partial charge in [-0.25, -0.2) is 4.98 Å². The van der Waals surface area contributed by atoms with Crippen LogP contribution in [0.1, 0.15) is 13.3 Å². The van der Waals surface area contributed by atoms with Crippen LogP contribution in [0, 0.1) is 0 Å². The summed E-state index contributed by atoms with van der Waals surface area (Å²) in [6, 6.07) is 9.52. The van der Waals surface area contributed by atoms with E-state index in [9.17, 15) is 4.79 Å². The lowest BCUT2D eigenvalue weighted by Gasteiger charge is -2.31. The monoisotopic (exact) mass is 551 g/mol. The summed E-state index contributed by atoms with van der Waals surface area (Å²) < 4.78 is 17.3. The molecule has 7 nitrogen and oxygen atoms in total. The topological polar surface area (TPSA) is 76.7 Å². The number of nitrogens with one attached hydrogen (secondary N) is 1. The molecule has 1 aliphatic heterocycles. The zero-order valence-electron chi connectivity index (χ0n) is 21.4. The molecular formula is C29H30ClN3O4S. The first-order valence-corrected chi connectivity index (χ1v) is 13.4. The number of H-pyrrole nitrogens is 1. The van der Waals surface area contributed by atoms with E-state index in [1.807, 2.05) is 36.6 Å². The number of amides is 1. The van der Waals surface area contributed by atoms with E-state index in [0.29, 0.717) is 23.7 Å². The van der Waals surface area contributed by atoms with E-state index >= 15 is 0 Å². The third-order valence-electron chi connectivity index (χ3n) is 5.76. The van der Waals surface area contributed by atoms with E-state index in [0.717, 1.165) is 41.5 Å². The van der Waals surface area contributed by atoms with Gasteiger partial charge in [0, 0.05) is 54.7 Å². The molecule has 4 rings (SSSR count). The number of aromatic nitrogens is 2. The molecule has 3 heterocycles. The Bertz CT molecular complexity index is 1360. The summed E-state index contributed by atoms with van der Waals surface area (Å²) in [5, 5.41) is 3.04. The van der Waals surface area contributed by atoms with E-state index in [4.69, 9.17) is 25.8 Å². The molecule has 0 saturated carbocycles. The van der Waals surface area contributed by atoms with Crippen LogP contribution >= 0.6 is 22.9 Å². The van der Waals surface area contributed by atoms with E-state index in [1.54, 1.807) is 53.8 Å². The summed E-state index contributed by atoms with van der Waals surface area (Å²) in [6.45, 7) is 11.5. The van der Waals surface area contributed by atoms with Gasteiger partial charge in [-0.3, -0.25) is 4.79 Å². The summed E-state index contributed by atoms with van der Waals surface area (Å²) in [5.41, 5.74) is 3.05. The smallest absolute Gasteiger partial charge is 0.253 e. The lowest BCUT2D eigenvalue weighted by molar-refractivity contribution is -0.130. The standard InChI is InChI=1S/C29H30ClN3O4S/c1-5-7-21(29(34)33-11-6-12-33)16-25(30)20(3)37-24-15-22(14-23(17-24)36-19(2)18-35-4)26-8-9-27(32-26)28-31-10-13-38-28/h5,7-10,13-17,19,32H,1,3,6,11-12,18H2,2,4H3/b21-7+,25-16+/t19-/m0/s1. The van der Waals surface area contributed by atoms with Gasteiger partial charge in [-0.05, 0) is 49.8 Å². The Morgan fingerprint density at radius 2 is 2.03 bits per heavy atom. The molecule has 2 aromatic heterocycles. The number of ether oxygens (including phenoxy) is 3. The van der Waals surface area contributed by atoms with Gasteiger partial charge in [0.25, 0.3) is 5.91 Å². The second-order valence-corrected chi connectivity index (χ2v) is 10.0. The second kappa shape index (κ2) is 12.8. The maximum absolute atomic E-state index is 12.7. The van der Waals surface area contributed by atoms with Crippen molar-refractivity contribution < 1.29 is 19.0 Å². The van der Waals surface area contributed by atoms with Crippen LogP contribution in [0.5, 0.6) is 11.5 Å². The van der Waals surface area contributed by atoms with Crippen molar-refractivity contribution in [2.45, 2.75) is 19.4 Å². The van der Waals surface area contributed by atoms with Crippen LogP contribution in [-0.2, 0) is 9.53 Å². The molecule has 198 valence electrons. The van der Waals surface area contributed by atoms with Crippen LogP contribution in [0.15, 0.2) is 89.7 Å². The highest BCUT2D eigenvalue weighted by Gasteiger charge is 2.23. The summed E-state index contributed by atoms with van der Waals surface area (Å²) >= 11 is 8.09. The van der Waals surface area contributed by atoms with Gasteiger partial charge in [0.15, 0.2) is 0 Å². The summed E-state index contributed by atoms with van der Waals surface area (Å²) in [4.78, 5) is 22.3. The van der Waals surface area contributed by atoms with Gasteiger partial charge < -0.3 is 24.1 Å². The number of hydrogen-bond acceptors (Lipinski definition) is 6. The molecule has 1 N–H and O–H groups in total. The number of likely N-dealkylation sites (tertiary alicyclic amines) is 1. The predicted molar refractivity (Wildman–Crippen MR) is 152 cm³/mol. The maximum Gasteiger partial charge on any atom is 0.253 e. The maximum atomic E-state index is 12.7. The van der Waals surface area contributed by atoms with Crippen molar-refractivity contribution in [3.63, 3.8) is 0 Å². The zero-order chi connectivity index (χ0) is 27.1. The van der Waals surface area contributed by atoms with Crippen molar-refractivity contribution in [3.8, 4) is 33.5 Å². The number of allylic oxidation sites excluding steroid dienone is 3. The van der Waals surface area contributed by atoms with Crippen molar-refractivity contribution in [2.24, 2.45) is 0 Å². The third kappa shape index (κ3) is 6.83. The van der Waals surface area contributed by atoms with Gasteiger partial charge in [0.2, 0.25) is 0 Å². The van der Waals surface area contributed by atoms with Gasteiger partial charge in [0.1, 0.15) is 28.4 Å². The fourth-order valence-electron chi connectivity index (χ4n) is 3.82. The number of carbonyl (C=O) groups is 1. The van der Waals surface area contributed by atoms with E-state index in [1.165, 1.54) is 0 Å². The van der Waals surface area contributed by atoms with Gasteiger partial charge in [-0.15, -0.1) is 11.3 Å². The van der Waals surface area contributed by atoms with Crippen molar-refractivity contribution in [1.29, 1.82) is 0 Å². The minimum atomic E-state index is -0.177. The molecule has 1 aromatic carbocycles. The number of benzene rings is 1. The van der Waals surface area contributed by atoms with Crippen molar-refractivity contribution in [3.05, 3.63) is 89.7 Å². The molecule has 0 radical (unpaired) electrons.